The number of benzene rings is 1. The van der Waals surface area contributed by atoms with E-state index in [2.05, 4.69) is 5.32 Å². The molecule has 0 saturated carbocycles. The van der Waals surface area contributed by atoms with Gasteiger partial charge in [-0.1, -0.05) is 13.8 Å². The van der Waals surface area contributed by atoms with Gasteiger partial charge < -0.3 is 15.3 Å². The highest BCUT2D eigenvalue weighted by Gasteiger charge is 2.20. The van der Waals surface area contributed by atoms with E-state index >= 15 is 0 Å². The Morgan fingerprint density at radius 2 is 2.05 bits per heavy atom. The van der Waals surface area contributed by atoms with Crippen molar-refractivity contribution < 1.29 is 14.3 Å². The van der Waals surface area contributed by atoms with Crippen LogP contribution >= 0.6 is 0 Å². The standard InChI is InChI=1S/C14H21FN2O2/c1-9(2)13(8-17(3)4)16-14(19)11-6-5-10(18)7-12(11)15/h5-7,9,13,18H,8H2,1-4H3,(H,16,19). The molecule has 5 heteroatoms. The van der Waals surface area contributed by atoms with Crippen LogP contribution in [0, 0.1) is 11.7 Å². The molecule has 0 aliphatic rings. The molecule has 0 spiro atoms. The van der Waals surface area contributed by atoms with Gasteiger partial charge in [-0.25, -0.2) is 4.39 Å². The van der Waals surface area contributed by atoms with Gasteiger partial charge in [0.25, 0.3) is 5.91 Å². The molecule has 0 aromatic heterocycles. The van der Waals surface area contributed by atoms with Crippen LogP contribution in [0.15, 0.2) is 18.2 Å². The van der Waals surface area contributed by atoms with Crippen LogP contribution in [-0.2, 0) is 0 Å². The highest BCUT2D eigenvalue weighted by atomic mass is 19.1. The summed E-state index contributed by atoms with van der Waals surface area (Å²) in [5, 5.41) is 12.0. The minimum absolute atomic E-state index is 0.0535. The summed E-state index contributed by atoms with van der Waals surface area (Å²) in [6.45, 7) is 4.69. The fourth-order valence-corrected chi connectivity index (χ4v) is 1.75. The average molecular weight is 268 g/mol. The number of likely N-dealkylation sites (N-methyl/N-ethyl adjacent to an activating group) is 1. The minimum Gasteiger partial charge on any atom is -0.508 e. The van der Waals surface area contributed by atoms with E-state index in [0.717, 1.165) is 6.07 Å². The van der Waals surface area contributed by atoms with Crippen molar-refractivity contribution in [2.45, 2.75) is 19.9 Å². The van der Waals surface area contributed by atoms with Gasteiger partial charge in [0, 0.05) is 18.7 Å². The highest BCUT2D eigenvalue weighted by molar-refractivity contribution is 5.94. The fourth-order valence-electron chi connectivity index (χ4n) is 1.75. The smallest absolute Gasteiger partial charge is 0.254 e. The molecule has 1 rings (SSSR count). The van der Waals surface area contributed by atoms with Crippen LogP contribution in [0.5, 0.6) is 5.75 Å². The Balaban J connectivity index is 2.81. The zero-order chi connectivity index (χ0) is 14.6. The summed E-state index contributed by atoms with van der Waals surface area (Å²) in [6.07, 6.45) is 0. The molecule has 1 atom stereocenters. The fraction of sp³-hybridized carbons (Fsp3) is 0.500. The lowest BCUT2D eigenvalue weighted by Crippen LogP contribution is -2.45. The molecule has 1 aromatic carbocycles. The van der Waals surface area contributed by atoms with E-state index < -0.39 is 11.7 Å². The molecule has 1 amide bonds. The molecule has 0 aliphatic heterocycles. The number of halogens is 1. The van der Waals surface area contributed by atoms with E-state index in [1.807, 2.05) is 32.8 Å². The molecular formula is C14H21FN2O2. The Labute approximate surface area is 113 Å². The molecule has 0 fully saturated rings. The Morgan fingerprint density at radius 3 is 2.53 bits per heavy atom. The molecular weight excluding hydrogens is 247 g/mol. The first-order valence-corrected chi connectivity index (χ1v) is 6.25. The largest absolute Gasteiger partial charge is 0.508 e. The molecule has 0 aliphatic carbocycles. The van der Waals surface area contributed by atoms with E-state index in [1.165, 1.54) is 12.1 Å². The monoisotopic (exact) mass is 268 g/mol. The highest BCUT2D eigenvalue weighted by Crippen LogP contribution is 2.15. The van der Waals surface area contributed by atoms with E-state index in [-0.39, 0.29) is 23.3 Å². The van der Waals surface area contributed by atoms with Crippen LogP contribution in [0.4, 0.5) is 4.39 Å². The summed E-state index contributed by atoms with van der Waals surface area (Å²) in [7, 11) is 3.84. The normalized spacial score (nSPS) is 12.8. The topological polar surface area (TPSA) is 52.6 Å². The lowest BCUT2D eigenvalue weighted by atomic mass is 10.0. The summed E-state index contributed by atoms with van der Waals surface area (Å²) >= 11 is 0. The van der Waals surface area contributed by atoms with Gasteiger partial charge in [-0.3, -0.25) is 4.79 Å². The zero-order valence-corrected chi connectivity index (χ0v) is 11.8. The van der Waals surface area contributed by atoms with Gasteiger partial charge in [0.2, 0.25) is 0 Å². The van der Waals surface area contributed by atoms with Crippen LogP contribution in [0.2, 0.25) is 0 Å². The van der Waals surface area contributed by atoms with E-state index in [1.54, 1.807) is 0 Å². The Hall–Kier alpha value is -1.62. The summed E-state index contributed by atoms with van der Waals surface area (Å²) in [4.78, 5) is 14.0. The van der Waals surface area contributed by atoms with Gasteiger partial charge in [0.15, 0.2) is 0 Å². The number of hydrogen-bond acceptors (Lipinski definition) is 3. The van der Waals surface area contributed by atoms with Crippen molar-refractivity contribution in [1.29, 1.82) is 0 Å². The van der Waals surface area contributed by atoms with Gasteiger partial charge in [-0.05, 0) is 32.1 Å². The van der Waals surface area contributed by atoms with Crippen molar-refractivity contribution in [1.82, 2.24) is 10.2 Å². The quantitative estimate of drug-likeness (QED) is 0.857. The first-order chi connectivity index (χ1) is 8.81. The van der Waals surface area contributed by atoms with Crippen LogP contribution in [0.1, 0.15) is 24.2 Å². The summed E-state index contributed by atoms with van der Waals surface area (Å²) < 4.78 is 13.6. The molecule has 1 aromatic rings. The second kappa shape index (κ2) is 6.52. The second-order valence-corrected chi connectivity index (χ2v) is 5.25. The number of hydrogen-bond donors (Lipinski definition) is 2. The van der Waals surface area contributed by atoms with Crippen molar-refractivity contribution in [3.05, 3.63) is 29.6 Å². The summed E-state index contributed by atoms with van der Waals surface area (Å²) in [5.74, 6) is -1.13. The number of rotatable bonds is 5. The molecule has 0 heterocycles. The number of amides is 1. The van der Waals surface area contributed by atoms with Crippen LogP contribution < -0.4 is 5.32 Å². The van der Waals surface area contributed by atoms with Crippen molar-refractivity contribution in [3.63, 3.8) is 0 Å². The molecule has 0 saturated heterocycles. The number of aromatic hydroxyl groups is 1. The minimum atomic E-state index is -0.718. The number of carbonyl (C=O) groups excluding carboxylic acids is 1. The van der Waals surface area contributed by atoms with Crippen molar-refractivity contribution in [2.24, 2.45) is 5.92 Å². The predicted molar refractivity (Wildman–Crippen MR) is 72.7 cm³/mol. The average Bonchev–Trinajstić information content (AvgIpc) is 2.26. The van der Waals surface area contributed by atoms with Crippen molar-refractivity contribution >= 4 is 5.91 Å². The van der Waals surface area contributed by atoms with Crippen molar-refractivity contribution in [3.8, 4) is 5.75 Å². The lowest BCUT2D eigenvalue weighted by molar-refractivity contribution is 0.0912. The molecule has 1 unspecified atom stereocenters. The zero-order valence-electron chi connectivity index (χ0n) is 11.8. The third kappa shape index (κ3) is 4.52. The first-order valence-electron chi connectivity index (χ1n) is 6.25. The van der Waals surface area contributed by atoms with E-state index in [4.69, 9.17) is 5.11 Å². The van der Waals surface area contributed by atoms with Crippen LogP contribution in [-0.4, -0.2) is 42.6 Å². The number of carbonyl (C=O) groups is 1. The SMILES string of the molecule is CC(C)C(CN(C)C)NC(=O)c1ccc(O)cc1F. The third-order valence-electron chi connectivity index (χ3n) is 2.88. The number of phenolic OH excluding ortho intramolecular Hbond substituents is 1. The maximum Gasteiger partial charge on any atom is 0.254 e. The Morgan fingerprint density at radius 1 is 1.42 bits per heavy atom. The van der Waals surface area contributed by atoms with Gasteiger partial charge >= 0.3 is 0 Å². The molecule has 0 bridgehead atoms. The number of nitrogens with one attached hydrogen (secondary N) is 1. The Kier molecular flexibility index (Phi) is 5.30. The van der Waals surface area contributed by atoms with Crippen LogP contribution in [0.25, 0.3) is 0 Å². The molecule has 0 radical (unpaired) electrons. The summed E-state index contributed by atoms with van der Waals surface area (Å²) in [5.41, 5.74) is -0.0535. The summed E-state index contributed by atoms with van der Waals surface area (Å²) in [6, 6.07) is 3.46. The maximum absolute atomic E-state index is 13.6. The van der Waals surface area contributed by atoms with Gasteiger partial charge in [-0.15, -0.1) is 0 Å². The first kappa shape index (κ1) is 15.4. The van der Waals surface area contributed by atoms with Gasteiger partial charge in [0.1, 0.15) is 11.6 Å². The third-order valence-corrected chi connectivity index (χ3v) is 2.88. The van der Waals surface area contributed by atoms with Gasteiger partial charge in [-0.2, -0.15) is 0 Å². The number of phenols is 1. The molecule has 106 valence electrons. The van der Waals surface area contributed by atoms with E-state index in [0.29, 0.717) is 6.54 Å². The molecule has 2 N–H and O–H groups in total. The Bertz CT molecular complexity index is 447. The predicted octanol–water partition coefficient (Wildman–Crippen LogP) is 1.85. The van der Waals surface area contributed by atoms with E-state index in [9.17, 15) is 9.18 Å². The van der Waals surface area contributed by atoms with Crippen molar-refractivity contribution in [2.75, 3.05) is 20.6 Å². The second-order valence-electron chi connectivity index (χ2n) is 5.25. The van der Waals surface area contributed by atoms with Crippen LogP contribution in [0.3, 0.4) is 0 Å². The maximum atomic E-state index is 13.6. The molecule has 4 nitrogen and oxygen atoms in total. The molecule has 19 heavy (non-hydrogen) atoms. The lowest BCUT2D eigenvalue weighted by Gasteiger charge is -2.25. The number of nitrogens with zero attached hydrogens (tertiary/aromatic N) is 1. The van der Waals surface area contributed by atoms with Gasteiger partial charge in [0.05, 0.1) is 5.56 Å².